The molecule has 1 atom stereocenters. The molecule has 17 heavy (non-hydrogen) atoms. The third-order valence-electron chi connectivity index (χ3n) is 2.73. The first-order chi connectivity index (χ1) is 7.99. The summed E-state index contributed by atoms with van der Waals surface area (Å²) in [5, 5.41) is 2.82. The molecule has 0 fully saturated rings. The minimum absolute atomic E-state index is 0.136. The molecular weight excluding hydrogens is 227 g/mol. The highest BCUT2D eigenvalue weighted by atomic mass is 19.1. The second-order valence-corrected chi connectivity index (χ2v) is 3.93. The van der Waals surface area contributed by atoms with E-state index >= 15 is 0 Å². The van der Waals surface area contributed by atoms with E-state index < -0.39 is 23.5 Å². The van der Waals surface area contributed by atoms with Gasteiger partial charge >= 0.3 is 0 Å². The van der Waals surface area contributed by atoms with Crippen molar-refractivity contribution in [3.63, 3.8) is 0 Å². The van der Waals surface area contributed by atoms with Crippen LogP contribution in [-0.2, 0) is 0 Å². The average molecular weight is 243 g/mol. The van der Waals surface area contributed by atoms with Crippen LogP contribution in [-0.4, -0.2) is 7.05 Å². The SMILES string of the molecule is C=C(CC)CC(NC)c1c(F)cc(F)cc1F. The Morgan fingerprint density at radius 3 is 2.24 bits per heavy atom. The van der Waals surface area contributed by atoms with Crippen LogP contribution >= 0.6 is 0 Å². The Balaban J connectivity index is 3.07. The van der Waals surface area contributed by atoms with Gasteiger partial charge < -0.3 is 5.32 Å². The molecule has 1 N–H and O–H groups in total. The van der Waals surface area contributed by atoms with Gasteiger partial charge in [0, 0.05) is 23.7 Å². The second kappa shape index (κ2) is 5.87. The lowest BCUT2D eigenvalue weighted by atomic mass is 9.97. The number of halogens is 3. The molecule has 1 nitrogen and oxygen atoms in total. The zero-order chi connectivity index (χ0) is 13.0. The molecule has 1 rings (SSSR count). The van der Waals surface area contributed by atoms with Crippen LogP contribution in [0.25, 0.3) is 0 Å². The summed E-state index contributed by atoms with van der Waals surface area (Å²) in [6, 6.07) is 0.859. The van der Waals surface area contributed by atoms with Crippen LogP contribution in [0.5, 0.6) is 0 Å². The molecule has 0 heterocycles. The van der Waals surface area contributed by atoms with Crippen LogP contribution in [0.3, 0.4) is 0 Å². The monoisotopic (exact) mass is 243 g/mol. The van der Waals surface area contributed by atoms with Crippen molar-refractivity contribution in [2.75, 3.05) is 7.05 Å². The van der Waals surface area contributed by atoms with Gasteiger partial charge in [-0.05, 0) is 19.9 Å². The predicted molar refractivity (Wildman–Crippen MR) is 62.2 cm³/mol. The third-order valence-corrected chi connectivity index (χ3v) is 2.73. The fourth-order valence-corrected chi connectivity index (χ4v) is 1.67. The average Bonchev–Trinajstić information content (AvgIpc) is 2.25. The lowest BCUT2D eigenvalue weighted by Crippen LogP contribution is -2.20. The van der Waals surface area contributed by atoms with Gasteiger partial charge in [-0.2, -0.15) is 0 Å². The topological polar surface area (TPSA) is 12.0 Å². The van der Waals surface area contributed by atoms with E-state index in [1.54, 1.807) is 7.05 Å². The molecule has 0 radical (unpaired) electrons. The van der Waals surface area contributed by atoms with E-state index in [-0.39, 0.29) is 5.56 Å². The molecule has 0 aliphatic heterocycles. The Labute approximate surface area is 99.3 Å². The summed E-state index contributed by atoms with van der Waals surface area (Å²) in [5.74, 6) is -2.65. The van der Waals surface area contributed by atoms with Crippen LogP contribution < -0.4 is 5.32 Å². The summed E-state index contributed by atoms with van der Waals surface area (Å²) < 4.78 is 39.9. The maximum atomic E-state index is 13.6. The van der Waals surface area contributed by atoms with Crippen LogP contribution in [0, 0.1) is 17.5 Å². The van der Waals surface area contributed by atoms with Crippen LogP contribution in [0.15, 0.2) is 24.3 Å². The summed E-state index contributed by atoms with van der Waals surface area (Å²) in [5.41, 5.74) is 0.746. The zero-order valence-electron chi connectivity index (χ0n) is 9.99. The lowest BCUT2D eigenvalue weighted by molar-refractivity contribution is 0.473. The fourth-order valence-electron chi connectivity index (χ4n) is 1.67. The highest BCUT2D eigenvalue weighted by Crippen LogP contribution is 2.27. The van der Waals surface area contributed by atoms with Crippen molar-refractivity contribution in [2.45, 2.75) is 25.8 Å². The van der Waals surface area contributed by atoms with Crippen LogP contribution in [0.2, 0.25) is 0 Å². The fraction of sp³-hybridized carbons (Fsp3) is 0.385. The van der Waals surface area contributed by atoms with E-state index in [1.165, 1.54) is 0 Å². The van der Waals surface area contributed by atoms with Crippen molar-refractivity contribution in [3.05, 3.63) is 47.3 Å². The van der Waals surface area contributed by atoms with Crippen molar-refractivity contribution < 1.29 is 13.2 Å². The van der Waals surface area contributed by atoms with Gasteiger partial charge in [0.2, 0.25) is 0 Å². The maximum Gasteiger partial charge on any atom is 0.133 e. The number of rotatable bonds is 5. The maximum absolute atomic E-state index is 13.6. The van der Waals surface area contributed by atoms with E-state index in [4.69, 9.17) is 0 Å². The smallest absolute Gasteiger partial charge is 0.133 e. The predicted octanol–water partition coefficient (Wildman–Crippen LogP) is 3.72. The number of hydrogen-bond donors (Lipinski definition) is 1. The third kappa shape index (κ3) is 3.33. The van der Waals surface area contributed by atoms with Gasteiger partial charge in [0.25, 0.3) is 0 Å². The van der Waals surface area contributed by atoms with Gasteiger partial charge in [-0.3, -0.25) is 0 Å². The summed E-state index contributed by atoms with van der Waals surface area (Å²) in [7, 11) is 1.61. The molecule has 1 aromatic carbocycles. The minimum atomic E-state index is -0.909. The van der Waals surface area contributed by atoms with Crippen molar-refractivity contribution in [1.82, 2.24) is 5.32 Å². The molecule has 0 bridgehead atoms. The van der Waals surface area contributed by atoms with Gasteiger partial charge in [0.1, 0.15) is 17.5 Å². The molecule has 1 aromatic rings. The Bertz CT molecular complexity index is 392. The van der Waals surface area contributed by atoms with Gasteiger partial charge in [0.15, 0.2) is 0 Å². The van der Waals surface area contributed by atoms with Crippen molar-refractivity contribution in [1.29, 1.82) is 0 Å². The van der Waals surface area contributed by atoms with Crippen LogP contribution in [0.1, 0.15) is 31.4 Å². The van der Waals surface area contributed by atoms with Crippen molar-refractivity contribution in [3.8, 4) is 0 Å². The molecule has 0 amide bonds. The molecule has 0 aliphatic rings. The van der Waals surface area contributed by atoms with Gasteiger partial charge in [-0.25, -0.2) is 13.2 Å². The normalized spacial score (nSPS) is 12.5. The van der Waals surface area contributed by atoms with Crippen LogP contribution in [0.4, 0.5) is 13.2 Å². The molecule has 4 heteroatoms. The number of nitrogens with one attached hydrogen (secondary N) is 1. The van der Waals surface area contributed by atoms with E-state index in [0.717, 1.165) is 12.0 Å². The molecule has 0 spiro atoms. The molecule has 0 aromatic heterocycles. The Morgan fingerprint density at radius 1 is 1.29 bits per heavy atom. The summed E-state index contributed by atoms with van der Waals surface area (Å²) >= 11 is 0. The first kappa shape index (κ1) is 13.8. The molecule has 0 saturated heterocycles. The quantitative estimate of drug-likeness (QED) is 0.777. The van der Waals surface area contributed by atoms with E-state index in [1.807, 2.05) is 6.92 Å². The summed E-state index contributed by atoms with van der Waals surface area (Å²) in [4.78, 5) is 0. The molecule has 1 unspecified atom stereocenters. The van der Waals surface area contributed by atoms with Gasteiger partial charge in [-0.15, -0.1) is 0 Å². The van der Waals surface area contributed by atoms with Crippen molar-refractivity contribution in [2.24, 2.45) is 0 Å². The molecule has 94 valence electrons. The van der Waals surface area contributed by atoms with E-state index in [0.29, 0.717) is 18.6 Å². The first-order valence-electron chi connectivity index (χ1n) is 5.48. The molecular formula is C13H16F3N. The van der Waals surface area contributed by atoms with Gasteiger partial charge in [0.05, 0.1) is 0 Å². The highest BCUT2D eigenvalue weighted by Gasteiger charge is 2.20. The van der Waals surface area contributed by atoms with E-state index in [2.05, 4.69) is 11.9 Å². The first-order valence-corrected chi connectivity index (χ1v) is 5.48. The Morgan fingerprint density at radius 2 is 1.82 bits per heavy atom. The Hall–Kier alpha value is -1.29. The van der Waals surface area contributed by atoms with Crippen molar-refractivity contribution >= 4 is 0 Å². The summed E-state index contributed by atoms with van der Waals surface area (Å²) in [6.07, 6.45) is 1.16. The Kier molecular flexibility index (Phi) is 4.75. The standard InChI is InChI=1S/C13H16F3N/c1-4-8(2)5-12(17-3)13-10(15)6-9(14)7-11(13)16/h6-7,12,17H,2,4-5H2,1,3H3. The van der Waals surface area contributed by atoms with Gasteiger partial charge in [-0.1, -0.05) is 19.1 Å². The zero-order valence-corrected chi connectivity index (χ0v) is 9.99. The number of hydrogen-bond acceptors (Lipinski definition) is 1. The molecule has 0 aliphatic carbocycles. The van der Waals surface area contributed by atoms with E-state index in [9.17, 15) is 13.2 Å². The minimum Gasteiger partial charge on any atom is -0.313 e. The number of benzene rings is 1. The molecule has 0 saturated carbocycles. The summed E-state index contributed by atoms with van der Waals surface area (Å²) in [6.45, 7) is 5.73. The largest absolute Gasteiger partial charge is 0.313 e. The lowest BCUT2D eigenvalue weighted by Gasteiger charge is -2.19. The second-order valence-electron chi connectivity index (χ2n) is 3.93. The highest BCUT2D eigenvalue weighted by molar-refractivity contribution is 5.25.